The Kier molecular flexibility index (Phi) is 3.87. The van der Waals surface area contributed by atoms with Crippen LogP contribution in [0.15, 0.2) is 43.0 Å². The van der Waals surface area contributed by atoms with Crippen LogP contribution in [0, 0.1) is 0 Å². The number of nitrogens with one attached hydrogen (secondary N) is 2. The maximum absolute atomic E-state index is 11.7. The van der Waals surface area contributed by atoms with Crippen LogP contribution in [-0.4, -0.2) is 26.7 Å². The van der Waals surface area contributed by atoms with Gasteiger partial charge in [0.25, 0.3) is 0 Å². The van der Waals surface area contributed by atoms with Crippen LogP contribution in [0.25, 0.3) is 0 Å². The fraction of sp³-hybridized carbons (Fsp3) is 0.167. The minimum Gasteiger partial charge on any atom is -0.341 e. The van der Waals surface area contributed by atoms with Crippen LogP contribution in [0.1, 0.15) is 18.5 Å². The fourth-order valence-electron chi connectivity index (χ4n) is 1.51. The molecule has 2 amide bonds. The van der Waals surface area contributed by atoms with Crippen LogP contribution in [0.3, 0.4) is 0 Å². The highest BCUT2D eigenvalue weighted by atomic mass is 16.2. The first kappa shape index (κ1) is 12.7. The number of hydrogen-bond donors (Lipinski definition) is 2. The van der Waals surface area contributed by atoms with Crippen molar-refractivity contribution in [1.82, 2.24) is 20.2 Å². The third-order valence-electron chi connectivity index (χ3n) is 2.50. The molecule has 0 aliphatic carbocycles. The topological polar surface area (TPSA) is 88.9 Å². The molecule has 2 rings (SSSR count). The number of rotatable bonds is 3. The summed E-state index contributed by atoms with van der Waals surface area (Å²) < 4.78 is 1.20. The van der Waals surface area contributed by atoms with Crippen molar-refractivity contribution >= 4 is 11.8 Å². The summed E-state index contributed by atoms with van der Waals surface area (Å²) in [5.74, 6) is -1.49. The lowest BCUT2D eigenvalue weighted by Crippen LogP contribution is -2.39. The average Bonchev–Trinajstić information content (AvgIpc) is 2.92. The quantitative estimate of drug-likeness (QED) is 0.772. The Hall–Kier alpha value is -2.70. The van der Waals surface area contributed by atoms with Crippen molar-refractivity contribution in [2.45, 2.75) is 13.0 Å². The van der Waals surface area contributed by atoms with E-state index >= 15 is 0 Å². The summed E-state index contributed by atoms with van der Waals surface area (Å²) in [5.41, 5.74) is 3.24. The van der Waals surface area contributed by atoms with Crippen molar-refractivity contribution in [2.75, 3.05) is 5.43 Å². The molecule has 1 aromatic heterocycles. The molecule has 2 N–H and O–H groups in total. The first-order valence-electron chi connectivity index (χ1n) is 5.68. The highest BCUT2D eigenvalue weighted by Crippen LogP contribution is 2.10. The second-order valence-corrected chi connectivity index (χ2v) is 3.92. The molecule has 0 radical (unpaired) electrons. The molecule has 1 atom stereocenters. The van der Waals surface area contributed by atoms with Crippen LogP contribution in [0.4, 0.5) is 0 Å². The molecule has 1 unspecified atom stereocenters. The van der Waals surface area contributed by atoms with E-state index in [9.17, 15) is 9.59 Å². The Morgan fingerprint density at radius 3 is 2.37 bits per heavy atom. The number of carbonyl (C=O) groups is 2. The molecule has 19 heavy (non-hydrogen) atoms. The van der Waals surface area contributed by atoms with Gasteiger partial charge in [0, 0.05) is 0 Å². The smallest absolute Gasteiger partial charge is 0.328 e. The number of hydrogen-bond acceptors (Lipinski definition) is 4. The van der Waals surface area contributed by atoms with Crippen molar-refractivity contribution in [2.24, 2.45) is 0 Å². The van der Waals surface area contributed by atoms with E-state index in [0.717, 1.165) is 5.56 Å². The van der Waals surface area contributed by atoms with Crippen LogP contribution in [0.2, 0.25) is 0 Å². The third-order valence-corrected chi connectivity index (χ3v) is 2.50. The molecular weight excluding hydrogens is 246 g/mol. The van der Waals surface area contributed by atoms with Crippen LogP contribution in [-0.2, 0) is 9.59 Å². The molecule has 0 fully saturated rings. The molecule has 0 saturated heterocycles. The Labute approximate surface area is 109 Å². The van der Waals surface area contributed by atoms with Gasteiger partial charge in [0.05, 0.1) is 6.04 Å². The van der Waals surface area contributed by atoms with E-state index in [0.29, 0.717) is 0 Å². The monoisotopic (exact) mass is 259 g/mol. The molecule has 1 heterocycles. The first-order chi connectivity index (χ1) is 9.16. The van der Waals surface area contributed by atoms with Gasteiger partial charge in [-0.05, 0) is 12.5 Å². The van der Waals surface area contributed by atoms with Crippen molar-refractivity contribution in [3.8, 4) is 0 Å². The van der Waals surface area contributed by atoms with E-state index in [1.165, 1.54) is 17.3 Å². The molecule has 7 heteroatoms. The molecule has 0 spiro atoms. The van der Waals surface area contributed by atoms with Gasteiger partial charge in [0.2, 0.25) is 0 Å². The lowest BCUT2D eigenvalue weighted by molar-refractivity contribution is -0.137. The predicted octanol–water partition coefficient (Wildman–Crippen LogP) is 0.226. The highest BCUT2D eigenvalue weighted by molar-refractivity contribution is 6.38. The lowest BCUT2D eigenvalue weighted by atomic mass is 10.1. The van der Waals surface area contributed by atoms with Crippen molar-refractivity contribution in [3.63, 3.8) is 0 Å². The van der Waals surface area contributed by atoms with E-state index in [-0.39, 0.29) is 6.04 Å². The SMILES string of the molecule is CC(NC(=O)C(=O)Nn1cnnc1)c1ccccc1. The van der Waals surface area contributed by atoms with E-state index in [1.807, 2.05) is 30.3 Å². The zero-order valence-electron chi connectivity index (χ0n) is 10.3. The molecule has 1 aromatic carbocycles. The van der Waals surface area contributed by atoms with Gasteiger partial charge in [-0.2, -0.15) is 0 Å². The summed E-state index contributed by atoms with van der Waals surface area (Å²) in [6.45, 7) is 1.80. The van der Waals surface area contributed by atoms with E-state index < -0.39 is 11.8 Å². The van der Waals surface area contributed by atoms with E-state index in [4.69, 9.17) is 0 Å². The Balaban J connectivity index is 1.92. The van der Waals surface area contributed by atoms with E-state index in [2.05, 4.69) is 20.9 Å². The molecule has 7 nitrogen and oxygen atoms in total. The number of benzene rings is 1. The Bertz CT molecular complexity index is 553. The van der Waals surface area contributed by atoms with Gasteiger partial charge in [0.1, 0.15) is 12.7 Å². The maximum Gasteiger partial charge on any atom is 0.328 e. The lowest BCUT2D eigenvalue weighted by Gasteiger charge is -2.13. The third kappa shape index (κ3) is 3.38. The summed E-state index contributed by atoms with van der Waals surface area (Å²) in [7, 11) is 0. The normalized spacial score (nSPS) is 11.6. The summed E-state index contributed by atoms with van der Waals surface area (Å²) in [4.78, 5) is 23.3. The molecule has 0 saturated carbocycles. The summed E-state index contributed by atoms with van der Waals surface area (Å²) in [6.07, 6.45) is 2.57. The van der Waals surface area contributed by atoms with Crippen molar-refractivity contribution in [3.05, 3.63) is 48.5 Å². The van der Waals surface area contributed by atoms with Gasteiger partial charge >= 0.3 is 11.8 Å². The Morgan fingerprint density at radius 1 is 1.11 bits per heavy atom. The highest BCUT2D eigenvalue weighted by Gasteiger charge is 2.17. The number of nitrogens with zero attached hydrogens (tertiary/aromatic N) is 3. The van der Waals surface area contributed by atoms with Gasteiger partial charge in [-0.25, -0.2) is 4.68 Å². The van der Waals surface area contributed by atoms with Gasteiger partial charge in [-0.3, -0.25) is 15.0 Å². The zero-order valence-corrected chi connectivity index (χ0v) is 10.3. The van der Waals surface area contributed by atoms with Gasteiger partial charge < -0.3 is 5.32 Å². The Morgan fingerprint density at radius 2 is 1.74 bits per heavy atom. The summed E-state index contributed by atoms with van der Waals surface area (Å²) in [5, 5.41) is 9.62. The molecule has 0 aliphatic heterocycles. The number of carbonyl (C=O) groups excluding carboxylic acids is 2. The number of aromatic nitrogens is 3. The molecular formula is C12H13N5O2. The molecule has 98 valence electrons. The zero-order chi connectivity index (χ0) is 13.7. The summed E-state index contributed by atoms with van der Waals surface area (Å²) >= 11 is 0. The molecule has 0 aliphatic rings. The van der Waals surface area contributed by atoms with Crippen LogP contribution >= 0.6 is 0 Å². The number of amides is 2. The fourth-order valence-corrected chi connectivity index (χ4v) is 1.51. The minimum absolute atomic E-state index is 0.250. The van der Waals surface area contributed by atoms with Crippen LogP contribution < -0.4 is 10.7 Å². The maximum atomic E-state index is 11.7. The average molecular weight is 259 g/mol. The van der Waals surface area contributed by atoms with Crippen LogP contribution in [0.5, 0.6) is 0 Å². The standard InChI is InChI=1S/C12H13N5O2/c1-9(10-5-3-2-4-6-10)15-11(18)12(19)16-17-7-13-14-8-17/h2-9H,1H3,(H,15,18)(H,16,19). The minimum atomic E-state index is -0.775. The molecule has 0 bridgehead atoms. The summed E-state index contributed by atoms with van der Waals surface area (Å²) in [6, 6.07) is 9.13. The second kappa shape index (κ2) is 5.76. The van der Waals surface area contributed by atoms with Gasteiger partial charge in [-0.1, -0.05) is 30.3 Å². The van der Waals surface area contributed by atoms with Crippen molar-refractivity contribution < 1.29 is 9.59 Å². The predicted molar refractivity (Wildman–Crippen MR) is 67.4 cm³/mol. The van der Waals surface area contributed by atoms with Gasteiger partial charge in [-0.15, -0.1) is 10.2 Å². The molecule has 2 aromatic rings. The van der Waals surface area contributed by atoms with Gasteiger partial charge in [0.15, 0.2) is 0 Å². The first-order valence-corrected chi connectivity index (χ1v) is 5.68. The van der Waals surface area contributed by atoms with E-state index in [1.54, 1.807) is 6.92 Å². The second-order valence-electron chi connectivity index (χ2n) is 3.92. The largest absolute Gasteiger partial charge is 0.341 e. The van der Waals surface area contributed by atoms with Crippen molar-refractivity contribution in [1.29, 1.82) is 0 Å².